The van der Waals surface area contributed by atoms with Gasteiger partial charge in [0.2, 0.25) is 0 Å². The Bertz CT molecular complexity index is 678. The fourth-order valence-electron chi connectivity index (χ4n) is 2.81. The molecule has 0 aliphatic carbocycles. The van der Waals surface area contributed by atoms with Crippen LogP contribution in [0.5, 0.6) is 5.75 Å². The van der Waals surface area contributed by atoms with Crippen molar-refractivity contribution in [1.29, 1.82) is 0 Å². The molecule has 0 radical (unpaired) electrons. The molecule has 3 N–H and O–H groups in total. The number of aromatic nitrogens is 2. The molecule has 1 aliphatic rings. The number of thiocarbonyl (C=S) groups is 1. The van der Waals surface area contributed by atoms with Crippen LogP contribution in [0.3, 0.4) is 0 Å². The van der Waals surface area contributed by atoms with Gasteiger partial charge in [0.15, 0.2) is 5.11 Å². The molecule has 0 saturated carbocycles. The third kappa shape index (κ3) is 2.92. The second-order valence-electron chi connectivity index (χ2n) is 5.43. The van der Waals surface area contributed by atoms with Gasteiger partial charge in [0, 0.05) is 18.5 Å². The Morgan fingerprint density at radius 1 is 1.36 bits per heavy atom. The predicted octanol–water partition coefficient (Wildman–Crippen LogP) is 2.32. The Balaban J connectivity index is 1.93. The van der Waals surface area contributed by atoms with Crippen molar-refractivity contribution in [1.82, 2.24) is 9.78 Å². The first-order chi connectivity index (χ1) is 10.7. The third-order valence-corrected chi connectivity index (χ3v) is 4.13. The van der Waals surface area contributed by atoms with Gasteiger partial charge in [-0.25, -0.2) is 0 Å². The van der Waals surface area contributed by atoms with Crippen LogP contribution in [0.25, 0.3) is 0 Å². The summed E-state index contributed by atoms with van der Waals surface area (Å²) < 4.78 is 6.86. The summed E-state index contributed by atoms with van der Waals surface area (Å²) in [4.78, 5) is 0. The van der Waals surface area contributed by atoms with E-state index in [1.165, 1.54) is 11.1 Å². The van der Waals surface area contributed by atoms with Crippen molar-refractivity contribution in [2.45, 2.75) is 25.7 Å². The predicted molar refractivity (Wildman–Crippen MR) is 91.6 cm³/mol. The molecule has 0 unspecified atom stereocenters. The number of ether oxygens (including phenoxy) is 1. The van der Waals surface area contributed by atoms with E-state index >= 15 is 0 Å². The van der Waals surface area contributed by atoms with Gasteiger partial charge in [-0.3, -0.25) is 0 Å². The number of nitrogens with zero attached hydrogens (tertiary/aromatic N) is 2. The highest BCUT2D eigenvalue weighted by molar-refractivity contribution is 7.80. The Kier molecular flexibility index (Phi) is 4.29. The molecular weight excluding hydrogens is 296 g/mol. The molecule has 22 heavy (non-hydrogen) atoms. The molecule has 2 heterocycles. The SMILES string of the molecule is COc1ccc(Cc2nn(C(N)=S)c3c2CCCCN3)cc1. The van der Waals surface area contributed by atoms with Crippen molar-refractivity contribution >= 4 is 23.1 Å². The molecule has 0 bridgehead atoms. The number of nitrogens with two attached hydrogens (primary N) is 1. The van der Waals surface area contributed by atoms with E-state index in [1.807, 2.05) is 12.1 Å². The van der Waals surface area contributed by atoms with Gasteiger partial charge in [0.1, 0.15) is 11.6 Å². The monoisotopic (exact) mass is 316 g/mol. The average Bonchev–Trinajstić information content (AvgIpc) is 2.71. The van der Waals surface area contributed by atoms with E-state index in [0.717, 1.165) is 49.5 Å². The fraction of sp³-hybridized carbons (Fsp3) is 0.375. The first kappa shape index (κ1) is 14.8. The molecule has 0 atom stereocenters. The zero-order valence-corrected chi connectivity index (χ0v) is 13.4. The Hall–Kier alpha value is -2.08. The van der Waals surface area contributed by atoms with Crippen LogP contribution >= 0.6 is 12.2 Å². The van der Waals surface area contributed by atoms with Gasteiger partial charge >= 0.3 is 0 Å². The van der Waals surface area contributed by atoms with Crippen molar-refractivity contribution in [2.24, 2.45) is 5.73 Å². The molecule has 1 aliphatic heterocycles. The molecule has 0 saturated heterocycles. The highest BCUT2D eigenvalue weighted by Gasteiger charge is 2.20. The van der Waals surface area contributed by atoms with Crippen LogP contribution in [0.15, 0.2) is 24.3 Å². The maximum Gasteiger partial charge on any atom is 0.193 e. The van der Waals surface area contributed by atoms with Gasteiger partial charge in [0.25, 0.3) is 0 Å². The second-order valence-corrected chi connectivity index (χ2v) is 5.85. The minimum Gasteiger partial charge on any atom is -0.497 e. The molecular formula is C16H20N4OS. The summed E-state index contributed by atoms with van der Waals surface area (Å²) in [5.41, 5.74) is 9.28. The lowest BCUT2D eigenvalue weighted by Crippen LogP contribution is -2.23. The maximum atomic E-state index is 5.81. The lowest BCUT2D eigenvalue weighted by Gasteiger charge is -2.06. The third-order valence-electron chi connectivity index (χ3n) is 3.95. The summed E-state index contributed by atoms with van der Waals surface area (Å²) in [6, 6.07) is 8.07. The van der Waals surface area contributed by atoms with E-state index in [2.05, 4.69) is 22.5 Å². The number of rotatable bonds is 3. The molecule has 3 rings (SSSR count). The normalized spacial score (nSPS) is 13.9. The Morgan fingerprint density at radius 3 is 2.82 bits per heavy atom. The number of benzene rings is 1. The van der Waals surface area contributed by atoms with Gasteiger partial charge in [-0.15, -0.1) is 0 Å². The smallest absolute Gasteiger partial charge is 0.193 e. The van der Waals surface area contributed by atoms with Crippen LogP contribution in [-0.4, -0.2) is 28.5 Å². The number of methoxy groups -OCH3 is 1. The zero-order chi connectivity index (χ0) is 15.5. The maximum absolute atomic E-state index is 5.81. The van der Waals surface area contributed by atoms with E-state index in [9.17, 15) is 0 Å². The number of anilines is 1. The molecule has 6 heteroatoms. The van der Waals surface area contributed by atoms with Crippen molar-refractivity contribution in [3.05, 3.63) is 41.1 Å². The van der Waals surface area contributed by atoms with Gasteiger partial charge in [-0.05, 0) is 49.2 Å². The van der Waals surface area contributed by atoms with E-state index in [-0.39, 0.29) is 5.11 Å². The van der Waals surface area contributed by atoms with E-state index in [0.29, 0.717) is 0 Å². The second kappa shape index (κ2) is 6.36. The first-order valence-electron chi connectivity index (χ1n) is 7.46. The highest BCUT2D eigenvalue weighted by Crippen LogP contribution is 2.27. The van der Waals surface area contributed by atoms with Crippen LogP contribution < -0.4 is 15.8 Å². The molecule has 0 fully saturated rings. The fourth-order valence-corrected chi connectivity index (χ4v) is 2.94. The Morgan fingerprint density at radius 2 is 2.14 bits per heavy atom. The lowest BCUT2D eigenvalue weighted by atomic mass is 10.0. The van der Waals surface area contributed by atoms with Gasteiger partial charge in [-0.1, -0.05) is 12.1 Å². The number of hydrogen-bond donors (Lipinski definition) is 2. The average molecular weight is 316 g/mol. The molecule has 116 valence electrons. The van der Waals surface area contributed by atoms with Gasteiger partial charge < -0.3 is 15.8 Å². The van der Waals surface area contributed by atoms with Crippen molar-refractivity contribution in [2.75, 3.05) is 19.0 Å². The standard InChI is InChI=1S/C16H20N4OS/c1-21-12-7-5-11(6-8-12)10-14-13-4-2-3-9-18-15(13)20(19-14)16(17)22/h5-8,18H,2-4,9-10H2,1H3,(H2,17,22). The van der Waals surface area contributed by atoms with E-state index in [1.54, 1.807) is 11.8 Å². The van der Waals surface area contributed by atoms with E-state index in [4.69, 9.17) is 22.7 Å². The van der Waals surface area contributed by atoms with Crippen molar-refractivity contribution < 1.29 is 4.74 Å². The summed E-state index contributed by atoms with van der Waals surface area (Å²) in [6.07, 6.45) is 4.08. The largest absolute Gasteiger partial charge is 0.497 e. The van der Waals surface area contributed by atoms with Crippen molar-refractivity contribution in [3.8, 4) is 5.75 Å². The van der Waals surface area contributed by atoms with Crippen molar-refractivity contribution in [3.63, 3.8) is 0 Å². The molecule has 2 aromatic rings. The Labute approximate surface area is 135 Å². The summed E-state index contributed by atoms with van der Waals surface area (Å²) in [5.74, 6) is 1.83. The molecule has 0 amide bonds. The molecule has 1 aromatic heterocycles. The molecule has 1 aromatic carbocycles. The minimum absolute atomic E-state index is 0.284. The number of fused-ring (bicyclic) bond motifs is 1. The molecule has 0 spiro atoms. The summed E-state index contributed by atoms with van der Waals surface area (Å²) in [7, 11) is 1.67. The molecule has 5 nitrogen and oxygen atoms in total. The van der Waals surface area contributed by atoms with Crippen LogP contribution in [0, 0.1) is 0 Å². The topological polar surface area (TPSA) is 65.1 Å². The van der Waals surface area contributed by atoms with Crippen LogP contribution in [0.4, 0.5) is 5.82 Å². The minimum atomic E-state index is 0.284. The lowest BCUT2D eigenvalue weighted by molar-refractivity contribution is 0.414. The van der Waals surface area contributed by atoms with Gasteiger partial charge in [0.05, 0.1) is 12.8 Å². The van der Waals surface area contributed by atoms with E-state index < -0.39 is 0 Å². The van der Waals surface area contributed by atoms with Crippen LogP contribution in [-0.2, 0) is 12.8 Å². The number of hydrogen-bond acceptors (Lipinski definition) is 4. The summed E-state index contributed by atoms with van der Waals surface area (Å²) in [5, 5.41) is 8.32. The highest BCUT2D eigenvalue weighted by atomic mass is 32.1. The quantitative estimate of drug-likeness (QED) is 0.851. The summed E-state index contributed by atoms with van der Waals surface area (Å²) >= 11 is 5.12. The zero-order valence-electron chi connectivity index (χ0n) is 12.6. The number of nitrogens with one attached hydrogen (secondary N) is 1. The first-order valence-corrected chi connectivity index (χ1v) is 7.87. The van der Waals surface area contributed by atoms with Crippen LogP contribution in [0.1, 0.15) is 29.7 Å². The van der Waals surface area contributed by atoms with Crippen LogP contribution in [0.2, 0.25) is 0 Å². The summed E-state index contributed by atoms with van der Waals surface area (Å²) in [6.45, 7) is 0.934. The van der Waals surface area contributed by atoms with Gasteiger partial charge in [-0.2, -0.15) is 9.78 Å².